The summed E-state index contributed by atoms with van der Waals surface area (Å²) in [5.74, 6) is -1.71. The third-order valence-corrected chi connectivity index (χ3v) is 2.65. The second-order valence-corrected chi connectivity index (χ2v) is 4.29. The Kier molecular flexibility index (Phi) is 3.94. The van der Waals surface area contributed by atoms with Gasteiger partial charge in [0.2, 0.25) is 0 Å². The summed E-state index contributed by atoms with van der Waals surface area (Å²) >= 11 is 0. The molecule has 0 aliphatic carbocycles. The van der Waals surface area contributed by atoms with Gasteiger partial charge in [-0.05, 0) is 37.3 Å². The minimum Gasteiger partial charge on any atom is -0.469 e. The van der Waals surface area contributed by atoms with E-state index >= 15 is 0 Å². The molecule has 0 aliphatic rings. The van der Waals surface area contributed by atoms with Gasteiger partial charge in [0.25, 0.3) is 5.91 Å². The summed E-state index contributed by atoms with van der Waals surface area (Å²) < 4.78 is 30.9. The van der Waals surface area contributed by atoms with Crippen LogP contribution in [0.25, 0.3) is 0 Å². The third kappa shape index (κ3) is 3.40. The lowest BCUT2D eigenvalue weighted by atomic mass is 10.1. The highest BCUT2D eigenvalue weighted by Gasteiger charge is 2.13. The highest BCUT2D eigenvalue weighted by atomic mass is 19.2. The Morgan fingerprint density at radius 3 is 2.74 bits per heavy atom. The molecule has 5 heteroatoms. The van der Waals surface area contributed by atoms with Crippen molar-refractivity contribution >= 4 is 5.91 Å². The number of hydrogen-bond acceptors (Lipinski definition) is 2. The van der Waals surface area contributed by atoms with Gasteiger partial charge < -0.3 is 9.73 Å². The molecular formula is C14H13F2NO2. The maximum atomic E-state index is 13.0. The summed E-state index contributed by atoms with van der Waals surface area (Å²) in [4.78, 5) is 11.8. The number of amides is 1. The van der Waals surface area contributed by atoms with Crippen LogP contribution in [-0.2, 0) is 6.42 Å². The standard InChI is InChI=1S/C14H13F2NO2/c1-9(7-11-3-2-6-19-11)17-14(18)10-4-5-12(15)13(16)8-10/h2-6,8-9H,7H2,1H3,(H,17,18). The third-order valence-electron chi connectivity index (χ3n) is 2.65. The molecule has 3 nitrogen and oxygen atoms in total. The maximum absolute atomic E-state index is 13.0. The molecular weight excluding hydrogens is 252 g/mol. The Bertz CT molecular complexity index is 567. The summed E-state index contributed by atoms with van der Waals surface area (Å²) in [6.07, 6.45) is 2.08. The van der Waals surface area contributed by atoms with E-state index in [2.05, 4.69) is 5.32 Å². The molecule has 2 aromatic rings. The Labute approximate surface area is 109 Å². The van der Waals surface area contributed by atoms with Crippen LogP contribution in [0.1, 0.15) is 23.0 Å². The van der Waals surface area contributed by atoms with Crippen molar-refractivity contribution < 1.29 is 18.0 Å². The average Bonchev–Trinajstić information content (AvgIpc) is 2.85. The molecule has 0 radical (unpaired) electrons. The summed E-state index contributed by atoms with van der Waals surface area (Å²) in [5.41, 5.74) is 0.0881. The van der Waals surface area contributed by atoms with Gasteiger partial charge in [-0.2, -0.15) is 0 Å². The molecule has 1 N–H and O–H groups in total. The zero-order valence-corrected chi connectivity index (χ0v) is 10.3. The molecule has 0 saturated carbocycles. The molecule has 1 aromatic carbocycles. The van der Waals surface area contributed by atoms with E-state index in [4.69, 9.17) is 4.42 Å². The van der Waals surface area contributed by atoms with Crippen LogP contribution in [0.4, 0.5) is 8.78 Å². The molecule has 0 bridgehead atoms. The van der Waals surface area contributed by atoms with Crippen LogP contribution in [-0.4, -0.2) is 11.9 Å². The van der Waals surface area contributed by atoms with Crippen molar-refractivity contribution in [2.45, 2.75) is 19.4 Å². The number of nitrogens with one attached hydrogen (secondary N) is 1. The van der Waals surface area contributed by atoms with Gasteiger partial charge in [-0.25, -0.2) is 8.78 Å². The zero-order chi connectivity index (χ0) is 13.8. The monoisotopic (exact) mass is 265 g/mol. The lowest BCUT2D eigenvalue weighted by Gasteiger charge is -2.12. The predicted octanol–water partition coefficient (Wildman–Crippen LogP) is 2.92. The summed E-state index contributed by atoms with van der Waals surface area (Å²) in [5, 5.41) is 2.69. The largest absolute Gasteiger partial charge is 0.469 e. The number of carbonyl (C=O) groups excluding carboxylic acids is 1. The number of hydrogen-bond donors (Lipinski definition) is 1. The van der Waals surface area contributed by atoms with Crippen molar-refractivity contribution in [3.05, 3.63) is 59.6 Å². The van der Waals surface area contributed by atoms with Crippen LogP contribution in [0.5, 0.6) is 0 Å². The van der Waals surface area contributed by atoms with Gasteiger partial charge in [-0.15, -0.1) is 0 Å². The van der Waals surface area contributed by atoms with Crippen molar-refractivity contribution in [3.8, 4) is 0 Å². The van der Waals surface area contributed by atoms with Crippen LogP contribution in [0.15, 0.2) is 41.0 Å². The van der Waals surface area contributed by atoms with E-state index in [0.29, 0.717) is 6.42 Å². The molecule has 0 saturated heterocycles. The Hall–Kier alpha value is -2.17. The second-order valence-electron chi connectivity index (χ2n) is 4.29. The first-order chi connectivity index (χ1) is 9.06. The number of rotatable bonds is 4. The molecule has 1 unspecified atom stereocenters. The van der Waals surface area contributed by atoms with Crippen LogP contribution in [0.3, 0.4) is 0 Å². The number of furan rings is 1. The minimum absolute atomic E-state index is 0.0881. The van der Waals surface area contributed by atoms with E-state index in [1.165, 1.54) is 6.07 Å². The fourth-order valence-electron chi connectivity index (χ4n) is 1.73. The fourth-order valence-corrected chi connectivity index (χ4v) is 1.73. The molecule has 1 amide bonds. The summed E-state index contributed by atoms with van der Waals surface area (Å²) in [7, 11) is 0. The maximum Gasteiger partial charge on any atom is 0.251 e. The van der Waals surface area contributed by atoms with E-state index in [9.17, 15) is 13.6 Å². The van der Waals surface area contributed by atoms with E-state index in [-0.39, 0.29) is 11.6 Å². The number of benzene rings is 1. The lowest BCUT2D eigenvalue weighted by Crippen LogP contribution is -2.34. The predicted molar refractivity (Wildman–Crippen MR) is 65.7 cm³/mol. The molecule has 0 spiro atoms. The van der Waals surface area contributed by atoms with Gasteiger partial charge in [0.1, 0.15) is 5.76 Å². The highest BCUT2D eigenvalue weighted by Crippen LogP contribution is 2.09. The molecule has 19 heavy (non-hydrogen) atoms. The van der Waals surface area contributed by atoms with Crippen molar-refractivity contribution in [1.82, 2.24) is 5.32 Å². The fraction of sp³-hybridized carbons (Fsp3) is 0.214. The second kappa shape index (κ2) is 5.65. The first-order valence-corrected chi connectivity index (χ1v) is 5.84. The zero-order valence-electron chi connectivity index (χ0n) is 10.3. The smallest absolute Gasteiger partial charge is 0.251 e. The van der Waals surface area contributed by atoms with E-state index in [1.54, 1.807) is 25.3 Å². The van der Waals surface area contributed by atoms with Crippen LogP contribution in [0, 0.1) is 11.6 Å². The van der Waals surface area contributed by atoms with Gasteiger partial charge in [0, 0.05) is 18.0 Å². The minimum atomic E-state index is -1.04. The normalized spacial score (nSPS) is 12.2. The van der Waals surface area contributed by atoms with Gasteiger partial charge in [0.15, 0.2) is 11.6 Å². The number of carbonyl (C=O) groups is 1. The van der Waals surface area contributed by atoms with E-state index < -0.39 is 17.5 Å². The summed E-state index contributed by atoms with van der Waals surface area (Å²) in [6.45, 7) is 1.81. The number of halogens is 2. The van der Waals surface area contributed by atoms with Crippen molar-refractivity contribution in [2.24, 2.45) is 0 Å². The van der Waals surface area contributed by atoms with Crippen molar-refractivity contribution in [3.63, 3.8) is 0 Å². The summed E-state index contributed by atoms with van der Waals surface area (Å²) in [6, 6.07) is 6.45. The van der Waals surface area contributed by atoms with Crippen LogP contribution in [0.2, 0.25) is 0 Å². The van der Waals surface area contributed by atoms with Crippen molar-refractivity contribution in [2.75, 3.05) is 0 Å². The van der Waals surface area contributed by atoms with E-state index in [0.717, 1.165) is 17.9 Å². The van der Waals surface area contributed by atoms with Gasteiger partial charge >= 0.3 is 0 Å². The topological polar surface area (TPSA) is 42.2 Å². The van der Waals surface area contributed by atoms with Crippen LogP contribution < -0.4 is 5.32 Å². The Balaban J connectivity index is 1.98. The van der Waals surface area contributed by atoms with E-state index in [1.807, 2.05) is 0 Å². The quantitative estimate of drug-likeness (QED) is 0.923. The average molecular weight is 265 g/mol. The van der Waals surface area contributed by atoms with Gasteiger partial charge in [-0.1, -0.05) is 0 Å². The molecule has 1 atom stereocenters. The first-order valence-electron chi connectivity index (χ1n) is 5.84. The lowest BCUT2D eigenvalue weighted by molar-refractivity contribution is 0.0938. The Morgan fingerprint density at radius 2 is 2.11 bits per heavy atom. The Morgan fingerprint density at radius 1 is 1.32 bits per heavy atom. The van der Waals surface area contributed by atoms with Crippen molar-refractivity contribution in [1.29, 1.82) is 0 Å². The molecule has 0 fully saturated rings. The molecule has 0 aliphatic heterocycles. The van der Waals surface area contributed by atoms with Gasteiger partial charge in [0.05, 0.1) is 6.26 Å². The van der Waals surface area contributed by atoms with Gasteiger partial charge in [-0.3, -0.25) is 4.79 Å². The molecule has 1 heterocycles. The SMILES string of the molecule is CC(Cc1ccco1)NC(=O)c1ccc(F)c(F)c1. The van der Waals surface area contributed by atoms with Crippen LogP contribution >= 0.6 is 0 Å². The molecule has 100 valence electrons. The first kappa shape index (κ1) is 13.3. The molecule has 2 rings (SSSR count). The molecule has 1 aromatic heterocycles. The highest BCUT2D eigenvalue weighted by molar-refractivity contribution is 5.94.